The Kier molecular flexibility index (Phi) is 13.9. The third-order valence-electron chi connectivity index (χ3n) is 4.02. The number of carbonyl (C=O) groups excluding carboxylic acids is 2. The van der Waals surface area contributed by atoms with Crippen molar-refractivity contribution in [1.82, 2.24) is 0 Å². The molecule has 0 amide bonds. The summed E-state index contributed by atoms with van der Waals surface area (Å²) in [6, 6.07) is 0. The minimum absolute atomic E-state index is 0.237. The monoisotopic (exact) mass is 354 g/mol. The molecule has 0 aromatic carbocycles. The van der Waals surface area contributed by atoms with Crippen molar-refractivity contribution in [3.05, 3.63) is 0 Å². The van der Waals surface area contributed by atoms with E-state index in [0.29, 0.717) is 0 Å². The van der Waals surface area contributed by atoms with Gasteiger partial charge in [-0.15, -0.1) is 0 Å². The highest BCUT2D eigenvalue weighted by molar-refractivity contribution is 5.95. The van der Waals surface area contributed by atoms with Gasteiger partial charge < -0.3 is 14.4 Å². The van der Waals surface area contributed by atoms with E-state index in [1.807, 2.05) is 0 Å². The largest absolute Gasteiger partial charge is 0.465 e. The Bertz CT molecular complexity index is 413. The lowest BCUT2D eigenvalue weighted by Crippen LogP contribution is -3.12. The fourth-order valence-corrected chi connectivity index (χ4v) is 2.54. The smallest absolute Gasteiger partial charge is 0.321 e. The Hall–Kier alpha value is -1.54. The fraction of sp³-hybridized carbons (Fsp3) is 0.800. The van der Waals surface area contributed by atoms with Gasteiger partial charge in [0.15, 0.2) is 5.92 Å². The van der Waals surface area contributed by atoms with Gasteiger partial charge in [0.1, 0.15) is 6.54 Å². The van der Waals surface area contributed by atoms with Gasteiger partial charge in [0.25, 0.3) is 0 Å². The molecule has 0 fully saturated rings. The molecule has 0 heterocycles. The van der Waals surface area contributed by atoms with Gasteiger partial charge in [-0.1, -0.05) is 32.6 Å². The van der Waals surface area contributed by atoms with Crippen molar-refractivity contribution in [2.24, 2.45) is 11.8 Å². The molecule has 1 atom stereocenters. The summed E-state index contributed by atoms with van der Waals surface area (Å²) in [7, 11) is 0. The van der Waals surface area contributed by atoms with Crippen LogP contribution in [0.4, 0.5) is 0 Å². The van der Waals surface area contributed by atoms with Crippen molar-refractivity contribution in [1.29, 1.82) is 0 Å². The molecule has 5 nitrogen and oxygen atoms in total. The minimum atomic E-state index is -0.970. The number of ether oxygens (including phenoxy) is 2. The van der Waals surface area contributed by atoms with Crippen molar-refractivity contribution in [3.8, 4) is 11.8 Å². The number of esters is 2. The Morgan fingerprint density at radius 2 is 1.40 bits per heavy atom. The summed E-state index contributed by atoms with van der Waals surface area (Å²) in [6.07, 6.45) is 4.72. The molecule has 0 radical (unpaired) electrons. The lowest BCUT2D eigenvalue weighted by atomic mass is 9.94. The molecule has 0 aliphatic heterocycles. The van der Waals surface area contributed by atoms with Gasteiger partial charge in [-0.2, -0.15) is 0 Å². The number of carbonyl (C=O) groups is 2. The van der Waals surface area contributed by atoms with Crippen molar-refractivity contribution in [2.75, 3.05) is 32.8 Å². The van der Waals surface area contributed by atoms with E-state index in [4.69, 9.17) is 9.47 Å². The van der Waals surface area contributed by atoms with Crippen molar-refractivity contribution >= 4 is 11.9 Å². The highest BCUT2D eigenvalue weighted by Gasteiger charge is 2.34. The van der Waals surface area contributed by atoms with Crippen LogP contribution < -0.4 is 4.90 Å². The maximum Gasteiger partial charge on any atom is 0.321 e. The van der Waals surface area contributed by atoms with Crippen LogP contribution in [-0.2, 0) is 19.1 Å². The van der Waals surface area contributed by atoms with E-state index in [2.05, 4.69) is 25.7 Å². The molecule has 0 spiro atoms. The van der Waals surface area contributed by atoms with E-state index < -0.39 is 23.8 Å². The lowest BCUT2D eigenvalue weighted by Gasteiger charge is -2.18. The molecule has 0 aromatic heterocycles. The second-order valence-electron chi connectivity index (χ2n) is 6.23. The summed E-state index contributed by atoms with van der Waals surface area (Å²) in [5.41, 5.74) is 0. The van der Waals surface area contributed by atoms with Crippen LogP contribution in [0.2, 0.25) is 0 Å². The molecule has 0 aliphatic rings. The highest BCUT2D eigenvalue weighted by Crippen LogP contribution is 2.15. The van der Waals surface area contributed by atoms with E-state index in [-0.39, 0.29) is 13.2 Å². The average Bonchev–Trinajstić information content (AvgIpc) is 2.57. The minimum Gasteiger partial charge on any atom is -0.465 e. The Balaban J connectivity index is 4.89. The van der Waals surface area contributed by atoms with Crippen LogP contribution in [0.5, 0.6) is 0 Å². The van der Waals surface area contributed by atoms with Gasteiger partial charge in [0.05, 0.1) is 26.3 Å². The predicted octanol–water partition coefficient (Wildman–Crippen LogP) is 1.85. The summed E-state index contributed by atoms with van der Waals surface area (Å²) in [4.78, 5) is 25.6. The van der Waals surface area contributed by atoms with Gasteiger partial charge in [0, 0.05) is 5.92 Å². The molecule has 25 heavy (non-hydrogen) atoms. The molecule has 0 aromatic rings. The fourth-order valence-electron chi connectivity index (χ4n) is 2.54. The first kappa shape index (κ1) is 23.5. The Morgan fingerprint density at radius 1 is 0.920 bits per heavy atom. The molecule has 0 bridgehead atoms. The molecule has 1 N–H and O–H groups in total. The summed E-state index contributed by atoms with van der Waals surface area (Å²) in [5.74, 6) is 3.75. The summed E-state index contributed by atoms with van der Waals surface area (Å²) < 4.78 is 10.0. The molecule has 0 saturated heterocycles. The summed E-state index contributed by atoms with van der Waals surface area (Å²) in [6.45, 7) is 13.0. The van der Waals surface area contributed by atoms with Crippen molar-refractivity contribution in [3.63, 3.8) is 0 Å². The van der Waals surface area contributed by atoms with Crippen LogP contribution in [0.15, 0.2) is 0 Å². The summed E-state index contributed by atoms with van der Waals surface area (Å²) >= 11 is 0. The van der Waals surface area contributed by atoms with Gasteiger partial charge >= 0.3 is 11.9 Å². The van der Waals surface area contributed by atoms with Gasteiger partial charge in [-0.25, -0.2) is 0 Å². The zero-order valence-electron chi connectivity index (χ0n) is 16.7. The second-order valence-corrected chi connectivity index (χ2v) is 6.23. The quantitative estimate of drug-likeness (QED) is 0.330. The molecule has 0 saturated carbocycles. The zero-order chi connectivity index (χ0) is 19.1. The van der Waals surface area contributed by atoms with Crippen LogP contribution in [0.25, 0.3) is 0 Å². The molecule has 0 rings (SSSR count). The van der Waals surface area contributed by atoms with Gasteiger partial charge in [0.2, 0.25) is 0 Å². The van der Waals surface area contributed by atoms with E-state index >= 15 is 0 Å². The third kappa shape index (κ3) is 10.1. The third-order valence-corrected chi connectivity index (χ3v) is 4.02. The molecule has 0 unspecified atom stereocenters. The van der Waals surface area contributed by atoms with Crippen molar-refractivity contribution in [2.45, 2.75) is 60.3 Å². The SMILES string of the molecule is CCCC[NH+](CC#C[C@@H](C)C(C(=O)OCC)C(=O)OCC)CCCC. The predicted molar refractivity (Wildman–Crippen MR) is 99.1 cm³/mol. The number of hydrogen-bond donors (Lipinski definition) is 1. The molecular formula is C20H36NO4+. The first-order valence-electron chi connectivity index (χ1n) is 9.66. The number of quaternary nitrogens is 1. The Labute approximate surface area is 153 Å². The van der Waals surface area contributed by atoms with Crippen molar-refractivity contribution < 1.29 is 24.0 Å². The van der Waals surface area contributed by atoms with Crippen LogP contribution in [0.3, 0.4) is 0 Å². The lowest BCUT2D eigenvalue weighted by molar-refractivity contribution is -0.893. The topological polar surface area (TPSA) is 57.0 Å². The first-order chi connectivity index (χ1) is 12.0. The molecule has 144 valence electrons. The maximum absolute atomic E-state index is 12.1. The zero-order valence-corrected chi connectivity index (χ0v) is 16.7. The molecule has 0 aliphatic carbocycles. The van der Waals surface area contributed by atoms with Gasteiger partial charge in [-0.3, -0.25) is 9.59 Å². The van der Waals surface area contributed by atoms with Crippen LogP contribution in [-0.4, -0.2) is 44.8 Å². The van der Waals surface area contributed by atoms with E-state index in [1.54, 1.807) is 20.8 Å². The number of nitrogens with one attached hydrogen (secondary N) is 1. The number of hydrogen-bond acceptors (Lipinski definition) is 4. The normalized spacial score (nSPS) is 11.8. The van der Waals surface area contributed by atoms with E-state index in [1.165, 1.54) is 30.6 Å². The molecule has 5 heteroatoms. The second kappa shape index (κ2) is 14.8. The maximum atomic E-state index is 12.1. The first-order valence-corrected chi connectivity index (χ1v) is 9.66. The van der Waals surface area contributed by atoms with E-state index in [0.717, 1.165) is 19.6 Å². The summed E-state index contributed by atoms with van der Waals surface area (Å²) in [5, 5.41) is 0. The number of unbranched alkanes of at least 4 members (excludes halogenated alkanes) is 2. The van der Waals surface area contributed by atoms with Crippen LogP contribution in [0, 0.1) is 23.7 Å². The highest BCUT2D eigenvalue weighted by atomic mass is 16.6. The van der Waals surface area contributed by atoms with Crippen LogP contribution >= 0.6 is 0 Å². The molecular weight excluding hydrogens is 318 g/mol. The van der Waals surface area contributed by atoms with E-state index in [9.17, 15) is 9.59 Å². The van der Waals surface area contributed by atoms with Gasteiger partial charge in [-0.05, 0) is 39.5 Å². The van der Waals surface area contributed by atoms with Crippen LogP contribution in [0.1, 0.15) is 60.3 Å². The Morgan fingerprint density at radius 3 is 1.80 bits per heavy atom. The number of rotatable bonds is 12. The average molecular weight is 355 g/mol. The standard InChI is InChI=1S/C20H35NO4/c1-6-10-14-21(15-11-7-2)16-12-13-17(5)18(19(22)24-8-3)20(23)25-9-4/h17-18H,6-11,14-16H2,1-5H3/p+1/t17-/m1/s1.